The van der Waals surface area contributed by atoms with Crippen LogP contribution in [0, 0.1) is 0 Å². The maximum absolute atomic E-state index is 12.3. The Kier molecular flexibility index (Phi) is 4.15. The Balaban J connectivity index is 1.88. The van der Waals surface area contributed by atoms with Gasteiger partial charge in [0, 0.05) is 23.4 Å². The van der Waals surface area contributed by atoms with Crippen LogP contribution in [0.25, 0.3) is 0 Å². The number of benzene rings is 2. The fraction of sp³-hybridized carbons (Fsp3) is 0.176. The lowest BCUT2D eigenvalue weighted by atomic mass is 9.88. The Morgan fingerprint density at radius 1 is 1.17 bits per heavy atom. The van der Waals surface area contributed by atoms with Gasteiger partial charge in [0.15, 0.2) is 5.60 Å². The minimum Gasteiger partial charge on any atom is -0.375 e. The summed E-state index contributed by atoms with van der Waals surface area (Å²) >= 11 is 12.0. The Morgan fingerprint density at radius 2 is 1.87 bits per heavy atom. The first kappa shape index (κ1) is 16.0. The smallest absolute Gasteiger partial charge is 0.261 e. The van der Waals surface area contributed by atoms with Crippen molar-refractivity contribution in [2.45, 2.75) is 18.4 Å². The van der Waals surface area contributed by atoms with Crippen LogP contribution in [0.2, 0.25) is 10.0 Å². The number of anilines is 1. The van der Waals surface area contributed by atoms with Crippen molar-refractivity contribution >= 4 is 40.6 Å². The van der Waals surface area contributed by atoms with Crippen molar-refractivity contribution in [2.24, 2.45) is 0 Å². The maximum atomic E-state index is 12.3. The van der Waals surface area contributed by atoms with E-state index in [4.69, 9.17) is 23.2 Å². The van der Waals surface area contributed by atoms with Gasteiger partial charge in [-0.15, -0.1) is 0 Å². The van der Waals surface area contributed by atoms with E-state index in [2.05, 4.69) is 5.32 Å². The van der Waals surface area contributed by atoms with Gasteiger partial charge in [-0.3, -0.25) is 9.59 Å². The highest BCUT2D eigenvalue weighted by Crippen LogP contribution is 2.44. The summed E-state index contributed by atoms with van der Waals surface area (Å²) in [6.07, 6.45) is -0.209. The van der Waals surface area contributed by atoms with Crippen LogP contribution < -0.4 is 5.32 Å². The first-order chi connectivity index (χ1) is 10.9. The average Bonchev–Trinajstić information content (AvgIpc) is 2.70. The Labute approximate surface area is 143 Å². The minimum absolute atomic E-state index is 0.136. The van der Waals surface area contributed by atoms with Crippen molar-refractivity contribution in [3.63, 3.8) is 0 Å². The molecule has 0 fully saturated rings. The van der Waals surface area contributed by atoms with E-state index >= 15 is 0 Å². The third-order valence-corrected chi connectivity index (χ3v) is 4.31. The Morgan fingerprint density at radius 3 is 2.57 bits per heavy atom. The van der Waals surface area contributed by atoms with Gasteiger partial charge in [0.25, 0.3) is 5.91 Å². The number of rotatable bonds is 4. The molecule has 2 aromatic rings. The van der Waals surface area contributed by atoms with Crippen LogP contribution in [-0.4, -0.2) is 16.8 Å². The lowest BCUT2D eigenvalue weighted by Crippen LogP contribution is -2.37. The summed E-state index contributed by atoms with van der Waals surface area (Å²) in [5.74, 6) is -0.925. The van der Waals surface area contributed by atoms with Crippen molar-refractivity contribution in [1.82, 2.24) is 0 Å². The van der Waals surface area contributed by atoms with Crippen LogP contribution >= 0.6 is 23.2 Å². The molecule has 1 unspecified atom stereocenters. The molecule has 0 aromatic heterocycles. The summed E-state index contributed by atoms with van der Waals surface area (Å²) in [6.45, 7) is 0. The number of hydrogen-bond donors (Lipinski definition) is 2. The molecule has 0 saturated heterocycles. The molecule has 118 valence electrons. The highest BCUT2D eigenvalue weighted by Gasteiger charge is 2.48. The highest BCUT2D eigenvalue weighted by atomic mass is 35.5. The molecule has 23 heavy (non-hydrogen) atoms. The van der Waals surface area contributed by atoms with Gasteiger partial charge in [-0.2, -0.15) is 0 Å². The summed E-state index contributed by atoms with van der Waals surface area (Å²) in [5, 5.41) is 13.8. The van der Waals surface area contributed by atoms with E-state index in [1.54, 1.807) is 0 Å². The molecule has 1 amide bonds. The number of carbonyl (C=O) groups is 2. The topological polar surface area (TPSA) is 66.4 Å². The van der Waals surface area contributed by atoms with Crippen LogP contribution in [0.15, 0.2) is 42.5 Å². The van der Waals surface area contributed by atoms with Gasteiger partial charge >= 0.3 is 0 Å². The average molecular weight is 350 g/mol. The third-order valence-electron chi connectivity index (χ3n) is 3.79. The lowest BCUT2D eigenvalue weighted by molar-refractivity contribution is -0.139. The standard InChI is InChI=1S/C17H13Cl2NO3/c18-11-7-13(19)15-14(8-11)20-16(22)17(15,23)9-12(21)6-10-4-2-1-3-5-10/h1-5,7-8,23H,6,9H2,(H,20,22). The second kappa shape index (κ2) is 5.96. The Bertz CT molecular complexity index is 792. The van der Waals surface area contributed by atoms with E-state index in [9.17, 15) is 14.7 Å². The molecule has 0 saturated carbocycles. The predicted molar refractivity (Wildman–Crippen MR) is 88.8 cm³/mol. The van der Waals surface area contributed by atoms with Crippen molar-refractivity contribution in [3.05, 3.63) is 63.6 Å². The molecule has 0 aliphatic carbocycles. The molecular weight excluding hydrogens is 337 g/mol. The van der Waals surface area contributed by atoms with Crippen LogP contribution in [-0.2, 0) is 21.6 Å². The van der Waals surface area contributed by atoms with E-state index in [-0.39, 0.29) is 29.2 Å². The van der Waals surface area contributed by atoms with Crippen LogP contribution in [0.3, 0.4) is 0 Å². The molecule has 1 heterocycles. The zero-order valence-electron chi connectivity index (χ0n) is 12.0. The highest BCUT2D eigenvalue weighted by molar-refractivity contribution is 6.36. The van der Waals surface area contributed by atoms with Crippen LogP contribution in [0.1, 0.15) is 17.5 Å². The van der Waals surface area contributed by atoms with Crippen molar-refractivity contribution in [3.8, 4) is 0 Å². The molecule has 1 atom stereocenters. The van der Waals surface area contributed by atoms with Gasteiger partial charge in [0.1, 0.15) is 5.78 Å². The number of aliphatic hydroxyl groups is 1. The second-order valence-corrected chi connectivity index (χ2v) is 6.35. The third kappa shape index (κ3) is 2.98. The van der Waals surface area contributed by atoms with Crippen molar-refractivity contribution in [1.29, 1.82) is 0 Å². The molecule has 4 nitrogen and oxygen atoms in total. The quantitative estimate of drug-likeness (QED) is 0.889. The summed E-state index contributed by atoms with van der Waals surface area (Å²) in [6, 6.07) is 12.1. The van der Waals surface area contributed by atoms with Gasteiger partial charge < -0.3 is 10.4 Å². The zero-order chi connectivity index (χ0) is 16.6. The second-order valence-electron chi connectivity index (χ2n) is 5.50. The van der Waals surface area contributed by atoms with E-state index in [1.807, 2.05) is 30.3 Å². The largest absolute Gasteiger partial charge is 0.375 e. The molecule has 6 heteroatoms. The van der Waals surface area contributed by atoms with Gasteiger partial charge in [-0.1, -0.05) is 53.5 Å². The number of Topliss-reactive ketones (excluding diaryl/α,β-unsaturated/α-hetero) is 1. The molecule has 1 aliphatic heterocycles. The number of ketones is 1. The fourth-order valence-electron chi connectivity index (χ4n) is 2.77. The molecular formula is C17H13Cl2NO3. The van der Waals surface area contributed by atoms with Gasteiger partial charge in [0.05, 0.1) is 10.7 Å². The van der Waals surface area contributed by atoms with Crippen LogP contribution in [0.5, 0.6) is 0 Å². The van der Waals surface area contributed by atoms with Crippen molar-refractivity contribution < 1.29 is 14.7 Å². The molecule has 0 spiro atoms. The number of halogens is 2. The van der Waals surface area contributed by atoms with Crippen molar-refractivity contribution in [2.75, 3.05) is 5.32 Å². The predicted octanol–water partition coefficient (Wildman–Crippen LogP) is 3.34. The van der Waals surface area contributed by atoms with E-state index < -0.39 is 11.5 Å². The first-order valence-corrected chi connectivity index (χ1v) is 7.75. The minimum atomic E-state index is -1.97. The van der Waals surface area contributed by atoms with Gasteiger partial charge in [-0.05, 0) is 17.7 Å². The number of nitrogens with one attached hydrogen (secondary N) is 1. The van der Waals surface area contributed by atoms with E-state index in [0.29, 0.717) is 10.7 Å². The number of fused-ring (bicyclic) bond motifs is 1. The number of carbonyl (C=O) groups excluding carboxylic acids is 2. The summed E-state index contributed by atoms with van der Waals surface area (Å²) in [5.41, 5.74) is -0.609. The van der Waals surface area contributed by atoms with Gasteiger partial charge in [0.2, 0.25) is 0 Å². The van der Waals surface area contributed by atoms with Gasteiger partial charge in [-0.25, -0.2) is 0 Å². The molecule has 0 bridgehead atoms. The van der Waals surface area contributed by atoms with E-state index in [0.717, 1.165) is 5.56 Å². The normalized spacial score (nSPS) is 19.3. The first-order valence-electron chi connectivity index (χ1n) is 6.99. The molecule has 1 aliphatic rings. The molecule has 2 N–H and O–H groups in total. The van der Waals surface area contributed by atoms with E-state index in [1.165, 1.54) is 12.1 Å². The zero-order valence-corrected chi connectivity index (χ0v) is 13.5. The van der Waals surface area contributed by atoms with Crippen LogP contribution in [0.4, 0.5) is 5.69 Å². The maximum Gasteiger partial charge on any atom is 0.261 e. The fourth-order valence-corrected chi connectivity index (χ4v) is 3.42. The summed E-state index contributed by atoms with van der Waals surface area (Å²) in [4.78, 5) is 24.5. The molecule has 0 radical (unpaired) electrons. The summed E-state index contributed by atoms with van der Waals surface area (Å²) in [7, 11) is 0. The number of amides is 1. The molecule has 2 aromatic carbocycles. The lowest BCUT2D eigenvalue weighted by Gasteiger charge is -2.21. The SMILES string of the molecule is O=C(Cc1ccccc1)CC1(O)C(=O)Nc2cc(Cl)cc(Cl)c21. The summed E-state index contributed by atoms with van der Waals surface area (Å²) < 4.78 is 0. The Hall–Kier alpha value is -1.88. The molecule has 3 rings (SSSR count). The number of hydrogen-bond acceptors (Lipinski definition) is 3. The monoisotopic (exact) mass is 349 g/mol.